The maximum absolute atomic E-state index is 10.9. The molecule has 0 amide bonds. The SMILES string of the molecule is Cl.NCCn1ccccc1=O. The van der Waals surface area contributed by atoms with Crippen molar-refractivity contribution in [3.8, 4) is 0 Å². The molecular weight excluding hydrogens is 164 g/mol. The lowest BCUT2D eigenvalue weighted by Gasteiger charge is -1.99. The Labute approximate surface area is 71.2 Å². The molecule has 0 fully saturated rings. The quantitative estimate of drug-likeness (QED) is 0.698. The Morgan fingerprint density at radius 2 is 2.18 bits per heavy atom. The summed E-state index contributed by atoms with van der Waals surface area (Å²) in [6.45, 7) is 1.10. The highest BCUT2D eigenvalue weighted by Gasteiger charge is 1.88. The summed E-state index contributed by atoms with van der Waals surface area (Å²) in [4.78, 5) is 10.9. The number of hydrogen-bond acceptors (Lipinski definition) is 2. The smallest absolute Gasteiger partial charge is 0.250 e. The van der Waals surface area contributed by atoms with Crippen molar-refractivity contribution in [3.63, 3.8) is 0 Å². The first-order valence-corrected chi connectivity index (χ1v) is 3.20. The number of nitrogens with two attached hydrogens (primary N) is 1. The summed E-state index contributed by atoms with van der Waals surface area (Å²) in [7, 11) is 0. The van der Waals surface area contributed by atoms with Gasteiger partial charge in [0, 0.05) is 25.4 Å². The van der Waals surface area contributed by atoms with Gasteiger partial charge in [0.2, 0.25) is 0 Å². The van der Waals surface area contributed by atoms with Gasteiger partial charge in [-0.15, -0.1) is 12.4 Å². The monoisotopic (exact) mass is 174 g/mol. The lowest BCUT2D eigenvalue weighted by atomic mass is 10.4. The van der Waals surface area contributed by atoms with Crippen molar-refractivity contribution in [1.82, 2.24) is 4.57 Å². The molecule has 62 valence electrons. The van der Waals surface area contributed by atoms with Gasteiger partial charge < -0.3 is 10.3 Å². The van der Waals surface area contributed by atoms with E-state index in [2.05, 4.69) is 0 Å². The summed E-state index contributed by atoms with van der Waals surface area (Å²) in [6, 6.07) is 5.06. The van der Waals surface area contributed by atoms with Gasteiger partial charge >= 0.3 is 0 Å². The molecule has 0 spiro atoms. The lowest BCUT2D eigenvalue weighted by Crippen LogP contribution is -2.21. The first-order valence-electron chi connectivity index (χ1n) is 3.20. The molecule has 0 aliphatic heterocycles. The van der Waals surface area contributed by atoms with E-state index >= 15 is 0 Å². The second kappa shape index (κ2) is 4.93. The van der Waals surface area contributed by atoms with Crippen molar-refractivity contribution in [3.05, 3.63) is 34.7 Å². The van der Waals surface area contributed by atoms with E-state index in [4.69, 9.17) is 5.73 Å². The van der Waals surface area contributed by atoms with Crippen LogP contribution >= 0.6 is 12.4 Å². The highest BCUT2D eigenvalue weighted by molar-refractivity contribution is 5.85. The predicted molar refractivity (Wildman–Crippen MR) is 47.0 cm³/mol. The van der Waals surface area contributed by atoms with Crippen LogP contribution in [0.5, 0.6) is 0 Å². The number of nitrogens with zero attached hydrogens (tertiary/aromatic N) is 1. The Morgan fingerprint density at radius 3 is 2.73 bits per heavy atom. The molecule has 0 aromatic carbocycles. The Morgan fingerprint density at radius 1 is 1.45 bits per heavy atom. The minimum absolute atomic E-state index is 0. The Hall–Kier alpha value is -0.800. The molecule has 0 atom stereocenters. The minimum Gasteiger partial charge on any atom is -0.329 e. The van der Waals surface area contributed by atoms with Crippen molar-refractivity contribution in [2.45, 2.75) is 6.54 Å². The van der Waals surface area contributed by atoms with E-state index in [0.717, 1.165) is 0 Å². The minimum atomic E-state index is 0. The number of halogens is 1. The molecule has 0 saturated carbocycles. The van der Waals surface area contributed by atoms with Gasteiger partial charge in [0.05, 0.1) is 0 Å². The molecule has 3 nitrogen and oxygen atoms in total. The molecule has 1 rings (SSSR count). The topological polar surface area (TPSA) is 48.0 Å². The van der Waals surface area contributed by atoms with Crippen LogP contribution in [0.1, 0.15) is 0 Å². The number of pyridine rings is 1. The van der Waals surface area contributed by atoms with Crippen LogP contribution in [0.3, 0.4) is 0 Å². The number of aromatic nitrogens is 1. The highest BCUT2D eigenvalue weighted by atomic mass is 35.5. The van der Waals surface area contributed by atoms with Gasteiger partial charge in [-0.05, 0) is 6.07 Å². The Balaban J connectivity index is 0.000001000. The van der Waals surface area contributed by atoms with Crippen LogP contribution in [0.25, 0.3) is 0 Å². The molecule has 0 saturated heterocycles. The summed E-state index contributed by atoms with van der Waals surface area (Å²) in [5.74, 6) is 0. The van der Waals surface area contributed by atoms with E-state index < -0.39 is 0 Å². The first-order chi connectivity index (χ1) is 4.84. The maximum Gasteiger partial charge on any atom is 0.250 e. The summed E-state index contributed by atoms with van der Waals surface area (Å²) in [6.07, 6.45) is 1.73. The predicted octanol–water partition coefficient (Wildman–Crippen LogP) is 0.229. The van der Waals surface area contributed by atoms with Crippen LogP contribution in [0.4, 0.5) is 0 Å². The zero-order valence-corrected chi connectivity index (χ0v) is 6.88. The third-order valence-corrected chi connectivity index (χ3v) is 1.27. The van der Waals surface area contributed by atoms with Gasteiger partial charge in [0.1, 0.15) is 0 Å². The Bertz CT molecular complexity index is 259. The molecule has 1 aromatic rings. The third kappa shape index (κ3) is 2.74. The van der Waals surface area contributed by atoms with Gasteiger partial charge in [-0.25, -0.2) is 0 Å². The molecule has 11 heavy (non-hydrogen) atoms. The van der Waals surface area contributed by atoms with Crippen LogP contribution in [0.15, 0.2) is 29.2 Å². The van der Waals surface area contributed by atoms with E-state index in [9.17, 15) is 4.79 Å². The van der Waals surface area contributed by atoms with E-state index in [0.29, 0.717) is 13.1 Å². The van der Waals surface area contributed by atoms with Crippen LogP contribution in [0.2, 0.25) is 0 Å². The fraction of sp³-hybridized carbons (Fsp3) is 0.286. The van der Waals surface area contributed by atoms with Crippen LogP contribution in [-0.2, 0) is 6.54 Å². The van der Waals surface area contributed by atoms with Gasteiger partial charge in [-0.2, -0.15) is 0 Å². The van der Waals surface area contributed by atoms with Gasteiger partial charge in [0.15, 0.2) is 0 Å². The molecule has 1 aromatic heterocycles. The summed E-state index contributed by atoms with van der Waals surface area (Å²) >= 11 is 0. The molecule has 1 heterocycles. The number of rotatable bonds is 2. The molecule has 0 unspecified atom stereocenters. The van der Waals surface area contributed by atoms with Crippen molar-refractivity contribution in [2.75, 3.05) is 6.54 Å². The van der Waals surface area contributed by atoms with Gasteiger partial charge in [-0.1, -0.05) is 6.07 Å². The molecule has 4 heteroatoms. The molecular formula is C7H11ClN2O. The van der Waals surface area contributed by atoms with Crippen LogP contribution in [-0.4, -0.2) is 11.1 Å². The normalized spacial score (nSPS) is 8.82. The van der Waals surface area contributed by atoms with E-state index in [1.54, 1.807) is 16.8 Å². The average Bonchev–Trinajstić information content (AvgIpc) is 1.94. The second-order valence-electron chi connectivity index (χ2n) is 2.02. The standard InChI is InChI=1S/C7H10N2O.ClH/c8-4-6-9-5-2-1-3-7(9)10;/h1-3,5H,4,6,8H2;1H. The van der Waals surface area contributed by atoms with Gasteiger partial charge in [-0.3, -0.25) is 4.79 Å². The van der Waals surface area contributed by atoms with Crippen LogP contribution in [0, 0.1) is 0 Å². The fourth-order valence-corrected chi connectivity index (χ4v) is 0.784. The van der Waals surface area contributed by atoms with E-state index in [-0.39, 0.29) is 18.0 Å². The van der Waals surface area contributed by atoms with Crippen molar-refractivity contribution in [1.29, 1.82) is 0 Å². The summed E-state index contributed by atoms with van der Waals surface area (Å²) in [5.41, 5.74) is 5.28. The lowest BCUT2D eigenvalue weighted by molar-refractivity contribution is 0.681. The third-order valence-electron chi connectivity index (χ3n) is 1.27. The molecule has 2 N–H and O–H groups in total. The van der Waals surface area contributed by atoms with Gasteiger partial charge in [0.25, 0.3) is 5.56 Å². The van der Waals surface area contributed by atoms with Crippen molar-refractivity contribution < 1.29 is 0 Å². The number of hydrogen-bond donors (Lipinski definition) is 1. The zero-order valence-electron chi connectivity index (χ0n) is 6.06. The molecule has 0 aliphatic rings. The van der Waals surface area contributed by atoms with Crippen molar-refractivity contribution >= 4 is 12.4 Å². The Kier molecular flexibility index (Phi) is 4.57. The van der Waals surface area contributed by atoms with E-state index in [1.807, 2.05) is 6.07 Å². The zero-order chi connectivity index (χ0) is 7.40. The largest absolute Gasteiger partial charge is 0.329 e. The maximum atomic E-state index is 10.9. The summed E-state index contributed by atoms with van der Waals surface area (Å²) in [5, 5.41) is 0. The summed E-state index contributed by atoms with van der Waals surface area (Å²) < 4.78 is 1.58. The second-order valence-corrected chi connectivity index (χ2v) is 2.02. The highest BCUT2D eigenvalue weighted by Crippen LogP contribution is 1.78. The average molecular weight is 175 g/mol. The molecule has 0 bridgehead atoms. The molecule has 0 aliphatic carbocycles. The fourth-order valence-electron chi connectivity index (χ4n) is 0.784. The van der Waals surface area contributed by atoms with E-state index in [1.165, 1.54) is 6.07 Å². The first kappa shape index (κ1) is 10.2. The van der Waals surface area contributed by atoms with Crippen LogP contribution < -0.4 is 11.3 Å². The van der Waals surface area contributed by atoms with Crippen molar-refractivity contribution in [2.24, 2.45) is 5.73 Å². The molecule has 0 radical (unpaired) electrons.